The van der Waals surface area contributed by atoms with Gasteiger partial charge in [0.1, 0.15) is 0 Å². The minimum absolute atomic E-state index is 0. The fraction of sp³-hybridized carbons (Fsp3) is 0.579. The van der Waals surface area contributed by atoms with Crippen molar-refractivity contribution < 1.29 is 18.0 Å². The Labute approximate surface area is 181 Å². The van der Waals surface area contributed by atoms with E-state index in [9.17, 15) is 18.0 Å². The Morgan fingerprint density at radius 3 is 2.32 bits per heavy atom. The van der Waals surface area contributed by atoms with Crippen LogP contribution in [0.4, 0.5) is 13.2 Å². The standard InChI is InChI=1S/C19H27F3N4O.HI/c1-2-23-18(25-13-17(27)26-16-6-4-3-5-7-16)24-12-14-8-10-15(11-9-14)19(20,21)22;/h8-11,16H,2-7,12-13H2,1H3,(H,26,27)(H2,23,24,25);1H. The number of rotatable bonds is 6. The molecule has 9 heteroatoms. The van der Waals surface area contributed by atoms with Gasteiger partial charge in [0.15, 0.2) is 5.96 Å². The van der Waals surface area contributed by atoms with Crippen LogP contribution in [0.3, 0.4) is 0 Å². The van der Waals surface area contributed by atoms with Crippen LogP contribution in [0, 0.1) is 0 Å². The van der Waals surface area contributed by atoms with E-state index in [0.29, 0.717) is 18.1 Å². The number of alkyl halides is 3. The molecule has 0 unspecified atom stereocenters. The number of carbonyl (C=O) groups excluding carboxylic acids is 1. The molecule has 1 aromatic rings. The van der Waals surface area contributed by atoms with E-state index < -0.39 is 11.7 Å². The molecule has 5 nitrogen and oxygen atoms in total. The number of guanidine groups is 1. The minimum Gasteiger partial charge on any atom is -0.357 e. The maximum absolute atomic E-state index is 12.6. The maximum Gasteiger partial charge on any atom is 0.416 e. The number of nitrogens with one attached hydrogen (secondary N) is 3. The summed E-state index contributed by atoms with van der Waals surface area (Å²) in [5, 5.41) is 9.01. The van der Waals surface area contributed by atoms with Gasteiger partial charge in [-0.25, -0.2) is 4.99 Å². The van der Waals surface area contributed by atoms with Crippen LogP contribution < -0.4 is 16.0 Å². The van der Waals surface area contributed by atoms with Crippen molar-refractivity contribution in [3.63, 3.8) is 0 Å². The Morgan fingerprint density at radius 2 is 1.75 bits per heavy atom. The highest BCUT2D eigenvalue weighted by molar-refractivity contribution is 14.0. The predicted molar refractivity (Wildman–Crippen MR) is 115 cm³/mol. The fourth-order valence-corrected chi connectivity index (χ4v) is 3.00. The minimum atomic E-state index is -4.34. The molecule has 3 N–H and O–H groups in total. The van der Waals surface area contributed by atoms with Crippen LogP contribution in [0.1, 0.15) is 50.2 Å². The van der Waals surface area contributed by atoms with Gasteiger partial charge in [0.2, 0.25) is 5.91 Å². The zero-order chi connectivity index (χ0) is 19.7. The molecule has 0 bridgehead atoms. The van der Waals surface area contributed by atoms with Gasteiger partial charge in [0, 0.05) is 12.6 Å². The van der Waals surface area contributed by atoms with Crippen LogP contribution in [0.25, 0.3) is 0 Å². The first-order valence-corrected chi connectivity index (χ1v) is 9.36. The first-order chi connectivity index (χ1) is 12.9. The number of amides is 1. The van der Waals surface area contributed by atoms with E-state index in [2.05, 4.69) is 20.9 Å². The van der Waals surface area contributed by atoms with Crippen LogP contribution in [-0.2, 0) is 17.5 Å². The van der Waals surface area contributed by atoms with Crippen LogP contribution in [0.15, 0.2) is 29.3 Å². The summed E-state index contributed by atoms with van der Waals surface area (Å²) >= 11 is 0. The van der Waals surface area contributed by atoms with E-state index in [1.807, 2.05) is 6.92 Å². The Balaban J connectivity index is 0.00000392. The lowest BCUT2D eigenvalue weighted by Crippen LogP contribution is -2.46. The molecular formula is C19H28F3IN4O. The second kappa shape index (κ2) is 12.1. The predicted octanol–water partition coefficient (Wildman–Crippen LogP) is 3.83. The average Bonchev–Trinajstić information content (AvgIpc) is 2.64. The molecular weight excluding hydrogens is 484 g/mol. The number of carbonyl (C=O) groups is 1. The summed E-state index contributed by atoms with van der Waals surface area (Å²) in [5.74, 6) is 0.373. The number of hydrogen-bond donors (Lipinski definition) is 3. The first-order valence-electron chi connectivity index (χ1n) is 9.36. The molecule has 0 aliphatic heterocycles. The Morgan fingerprint density at radius 1 is 1.11 bits per heavy atom. The molecule has 1 aromatic carbocycles. The molecule has 1 amide bonds. The van der Waals surface area contributed by atoms with Crippen molar-refractivity contribution in [3.05, 3.63) is 35.4 Å². The van der Waals surface area contributed by atoms with Crippen molar-refractivity contribution in [1.82, 2.24) is 16.0 Å². The van der Waals surface area contributed by atoms with Crippen molar-refractivity contribution in [2.24, 2.45) is 4.99 Å². The monoisotopic (exact) mass is 512 g/mol. The highest BCUT2D eigenvalue weighted by Gasteiger charge is 2.29. The topological polar surface area (TPSA) is 65.5 Å². The van der Waals surface area contributed by atoms with Crippen molar-refractivity contribution in [1.29, 1.82) is 0 Å². The average molecular weight is 512 g/mol. The summed E-state index contributed by atoms with van der Waals surface area (Å²) in [6.07, 6.45) is 1.22. The first kappa shape index (κ1) is 24.5. The molecule has 1 aliphatic carbocycles. The van der Waals surface area contributed by atoms with Gasteiger partial charge in [-0.3, -0.25) is 4.79 Å². The third kappa shape index (κ3) is 8.66. The molecule has 2 rings (SSSR count). The van der Waals surface area contributed by atoms with E-state index in [1.165, 1.54) is 18.6 Å². The largest absolute Gasteiger partial charge is 0.416 e. The summed E-state index contributed by atoms with van der Waals surface area (Å²) in [6, 6.07) is 5.16. The number of halogens is 4. The lowest BCUT2D eigenvalue weighted by Gasteiger charge is -2.23. The highest BCUT2D eigenvalue weighted by Crippen LogP contribution is 2.29. The third-order valence-corrected chi connectivity index (χ3v) is 4.43. The second-order valence-corrected chi connectivity index (χ2v) is 6.65. The SMILES string of the molecule is CCNC(=NCc1ccc(C(F)(F)F)cc1)NCC(=O)NC1CCCCC1.I. The van der Waals surface area contributed by atoms with Crippen LogP contribution >= 0.6 is 24.0 Å². The summed E-state index contributed by atoms with van der Waals surface area (Å²) in [5.41, 5.74) is -0.0218. The second-order valence-electron chi connectivity index (χ2n) is 6.65. The summed E-state index contributed by atoms with van der Waals surface area (Å²) in [4.78, 5) is 16.4. The van der Waals surface area contributed by atoms with Crippen LogP contribution in [0.2, 0.25) is 0 Å². The van der Waals surface area contributed by atoms with Gasteiger partial charge in [-0.1, -0.05) is 31.4 Å². The van der Waals surface area contributed by atoms with Crippen molar-refractivity contribution in [2.75, 3.05) is 13.1 Å². The number of nitrogens with zero attached hydrogens (tertiary/aromatic N) is 1. The fourth-order valence-electron chi connectivity index (χ4n) is 3.00. The molecule has 0 radical (unpaired) electrons. The molecule has 28 heavy (non-hydrogen) atoms. The molecule has 1 fully saturated rings. The molecule has 1 saturated carbocycles. The molecule has 0 spiro atoms. The van der Waals surface area contributed by atoms with E-state index in [4.69, 9.17) is 0 Å². The highest BCUT2D eigenvalue weighted by atomic mass is 127. The summed E-state index contributed by atoms with van der Waals surface area (Å²) < 4.78 is 37.8. The van der Waals surface area contributed by atoms with Crippen molar-refractivity contribution in [3.8, 4) is 0 Å². The quantitative estimate of drug-likeness (QED) is 0.309. The van der Waals surface area contributed by atoms with E-state index >= 15 is 0 Å². The zero-order valence-corrected chi connectivity index (χ0v) is 18.3. The summed E-state index contributed by atoms with van der Waals surface area (Å²) in [6.45, 7) is 2.84. The van der Waals surface area contributed by atoms with Gasteiger partial charge < -0.3 is 16.0 Å². The Hall–Kier alpha value is -1.52. The van der Waals surface area contributed by atoms with Gasteiger partial charge in [-0.05, 0) is 37.5 Å². The molecule has 0 heterocycles. The Bertz CT molecular complexity index is 629. The van der Waals surface area contributed by atoms with Gasteiger partial charge in [-0.2, -0.15) is 13.2 Å². The smallest absolute Gasteiger partial charge is 0.357 e. The van der Waals surface area contributed by atoms with Gasteiger partial charge in [0.25, 0.3) is 0 Å². The lowest BCUT2D eigenvalue weighted by molar-refractivity contribution is -0.137. The van der Waals surface area contributed by atoms with E-state index in [1.54, 1.807) is 0 Å². The van der Waals surface area contributed by atoms with Gasteiger partial charge >= 0.3 is 6.18 Å². The number of hydrogen-bond acceptors (Lipinski definition) is 2. The van der Waals surface area contributed by atoms with Crippen LogP contribution in [0.5, 0.6) is 0 Å². The van der Waals surface area contributed by atoms with Gasteiger partial charge in [0.05, 0.1) is 18.7 Å². The summed E-state index contributed by atoms with van der Waals surface area (Å²) in [7, 11) is 0. The van der Waals surface area contributed by atoms with Crippen molar-refractivity contribution >= 4 is 35.8 Å². The zero-order valence-electron chi connectivity index (χ0n) is 15.9. The Kier molecular flexibility index (Phi) is 10.6. The van der Waals surface area contributed by atoms with Crippen LogP contribution in [-0.4, -0.2) is 31.0 Å². The number of benzene rings is 1. The molecule has 1 aliphatic rings. The van der Waals surface area contributed by atoms with E-state index in [-0.39, 0.29) is 49.0 Å². The van der Waals surface area contributed by atoms with Gasteiger partial charge in [-0.15, -0.1) is 24.0 Å². The lowest BCUT2D eigenvalue weighted by atomic mass is 9.95. The molecule has 0 atom stereocenters. The third-order valence-electron chi connectivity index (χ3n) is 4.43. The van der Waals surface area contributed by atoms with E-state index in [0.717, 1.165) is 37.8 Å². The normalized spacial score (nSPS) is 15.5. The van der Waals surface area contributed by atoms with Crippen molar-refractivity contribution in [2.45, 2.75) is 57.8 Å². The number of aliphatic imine (C=N–C) groups is 1. The molecule has 0 saturated heterocycles. The molecule has 158 valence electrons. The molecule has 0 aromatic heterocycles. The maximum atomic E-state index is 12.6.